The zero-order valence-electron chi connectivity index (χ0n) is 13.4. The fourth-order valence-electron chi connectivity index (χ4n) is 1.86. The van der Waals surface area contributed by atoms with Crippen molar-refractivity contribution in [3.8, 4) is 5.75 Å². The maximum Gasteiger partial charge on any atom is 0.344 e. The van der Waals surface area contributed by atoms with Crippen molar-refractivity contribution in [1.82, 2.24) is 0 Å². The van der Waals surface area contributed by atoms with Gasteiger partial charge >= 0.3 is 5.97 Å². The molecule has 126 valence electrons. The number of anilines is 1. The monoisotopic (exact) mass is 331 g/mol. The van der Waals surface area contributed by atoms with Crippen LogP contribution in [0.2, 0.25) is 0 Å². The minimum absolute atomic E-state index is 0.212. The Hall–Kier alpha value is -2.89. The predicted octanol–water partition coefficient (Wildman–Crippen LogP) is 3.08. The Labute approximate surface area is 139 Å². The maximum atomic E-state index is 13.0. The molecule has 0 bridgehead atoms. The second-order valence-corrected chi connectivity index (χ2v) is 5.23. The molecule has 2 aromatic carbocycles. The van der Waals surface area contributed by atoms with E-state index in [1.807, 2.05) is 19.1 Å². The molecule has 0 radical (unpaired) electrons. The summed E-state index contributed by atoms with van der Waals surface area (Å²) in [4.78, 5) is 23.7. The average Bonchev–Trinajstić information content (AvgIpc) is 2.55. The number of hydrogen-bond donors (Lipinski definition) is 1. The quantitative estimate of drug-likeness (QED) is 0.826. The summed E-state index contributed by atoms with van der Waals surface area (Å²) in [6, 6.07) is 12.6. The number of hydrogen-bond acceptors (Lipinski definition) is 4. The molecule has 0 spiro atoms. The molecule has 0 fully saturated rings. The van der Waals surface area contributed by atoms with E-state index in [4.69, 9.17) is 9.47 Å². The van der Waals surface area contributed by atoms with Gasteiger partial charge in [0.2, 0.25) is 0 Å². The molecule has 2 aromatic rings. The highest BCUT2D eigenvalue weighted by Gasteiger charge is 2.18. The summed E-state index contributed by atoms with van der Waals surface area (Å²) in [7, 11) is 0. The van der Waals surface area contributed by atoms with E-state index in [1.54, 1.807) is 12.1 Å². The van der Waals surface area contributed by atoms with Crippen molar-refractivity contribution in [1.29, 1.82) is 0 Å². The maximum absolute atomic E-state index is 13.0. The van der Waals surface area contributed by atoms with Gasteiger partial charge in [0.05, 0.1) is 0 Å². The second kappa shape index (κ2) is 8.10. The van der Waals surface area contributed by atoms with Gasteiger partial charge in [0.1, 0.15) is 11.6 Å². The first-order valence-electron chi connectivity index (χ1n) is 7.39. The Balaban J connectivity index is 1.80. The molecule has 0 aliphatic rings. The molecule has 0 aliphatic carbocycles. The van der Waals surface area contributed by atoms with Crippen LogP contribution in [0.4, 0.5) is 10.1 Å². The molecule has 5 nitrogen and oxygen atoms in total. The van der Waals surface area contributed by atoms with Gasteiger partial charge in [0.25, 0.3) is 5.91 Å². The normalized spacial score (nSPS) is 11.5. The van der Waals surface area contributed by atoms with Crippen LogP contribution in [0.25, 0.3) is 0 Å². The third kappa shape index (κ3) is 5.39. The van der Waals surface area contributed by atoms with Crippen molar-refractivity contribution < 1.29 is 23.5 Å². The Morgan fingerprint density at radius 3 is 2.54 bits per heavy atom. The third-order valence-corrected chi connectivity index (χ3v) is 3.15. The first-order chi connectivity index (χ1) is 11.4. The van der Waals surface area contributed by atoms with Crippen LogP contribution in [0.15, 0.2) is 48.5 Å². The van der Waals surface area contributed by atoms with Crippen LogP contribution < -0.4 is 10.1 Å². The summed E-state index contributed by atoms with van der Waals surface area (Å²) in [6.07, 6.45) is -0.977. The van der Waals surface area contributed by atoms with Crippen molar-refractivity contribution in [2.24, 2.45) is 0 Å². The summed E-state index contributed by atoms with van der Waals surface area (Å²) in [5.41, 5.74) is 1.69. The van der Waals surface area contributed by atoms with E-state index in [2.05, 4.69) is 5.32 Å². The molecule has 0 unspecified atom stereocenters. The first kappa shape index (κ1) is 17.5. The topological polar surface area (TPSA) is 64.6 Å². The SMILES string of the molecule is Cc1ccc(NC(=O)[C@H](C)OC(=O)COc2cccc(F)c2)cc1. The summed E-state index contributed by atoms with van der Waals surface area (Å²) in [5.74, 6) is -1.42. The minimum Gasteiger partial charge on any atom is -0.482 e. The lowest BCUT2D eigenvalue weighted by molar-refractivity contribution is -0.155. The molecule has 0 saturated carbocycles. The van der Waals surface area contributed by atoms with Crippen molar-refractivity contribution in [3.63, 3.8) is 0 Å². The summed E-state index contributed by atoms with van der Waals surface area (Å²) < 4.78 is 23.1. The van der Waals surface area contributed by atoms with E-state index >= 15 is 0 Å². The standard InChI is InChI=1S/C18H18FNO4/c1-12-6-8-15(9-7-12)20-18(22)13(2)24-17(21)11-23-16-5-3-4-14(19)10-16/h3-10,13H,11H2,1-2H3,(H,20,22)/t13-/m0/s1. The molecule has 0 heterocycles. The van der Waals surface area contributed by atoms with Crippen LogP contribution in [0.3, 0.4) is 0 Å². The van der Waals surface area contributed by atoms with E-state index < -0.39 is 30.4 Å². The summed E-state index contributed by atoms with van der Waals surface area (Å²) >= 11 is 0. The Morgan fingerprint density at radius 1 is 1.17 bits per heavy atom. The van der Waals surface area contributed by atoms with Crippen LogP contribution in [-0.2, 0) is 14.3 Å². The molecule has 1 atom stereocenters. The lowest BCUT2D eigenvalue weighted by Crippen LogP contribution is -2.31. The van der Waals surface area contributed by atoms with Crippen molar-refractivity contribution in [3.05, 3.63) is 59.9 Å². The van der Waals surface area contributed by atoms with Gasteiger partial charge in [-0.25, -0.2) is 9.18 Å². The van der Waals surface area contributed by atoms with Gasteiger partial charge in [0.15, 0.2) is 12.7 Å². The molecular weight excluding hydrogens is 313 g/mol. The Kier molecular flexibility index (Phi) is 5.89. The fraction of sp³-hybridized carbons (Fsp3) is 0.222. The highest BCUT2D eigenvalue weighted by atomic mass is 19.1. The largest absolute Gasteiger partial charge is 0.482 e. The number of carbonyl (C=O) groups excluding carboxylic acids is 2. The molecule has 2 rings (SSSR count). The molecule has 0 aromatic heterocycles. The number of rotatable bonds is 6. The van der Waals surface area contributed by atoms with E-state index in [0.29, 0.717) is 5.69 Å². The van der Waals surface area contributed by atoms with Crippen molar-refractivity contribution >= 4 is 17.6 Å². The number of nitrogens with one attached hydrogen (secondary N) is 1. The van der Waals surface area contributed by atoms with Crippen molar-refractivity contribution in [2.75, 3.05) is 11.9 Å². The molecule has 24 heavy (non-hydrogen) atoms. The van der Waals surface area contributed by atoms with Crippen LogP contribution in [0, 0.1) is 12.7 Å². The van der Waals surface area contributed by atoms with E-state index in [9.17, 15) is 14.0 Å². The lowest BCUT2D eigenvalue weighted by Gasteiger charge is -2.14. The van der Waals surface area contributed by atoms with E-state index in [0.717, 1.165) is 11.6 Å². The number of ether oxygens (including phenoxy) is 2. The summed E-state index contributed by atoms with van der Waals surface area (Å²) in [5, 5.41) is 2.65. The highest BCUT2D eigenvalue weighted by molar-refractivity contribution is 5.95. The molecule has 0 saturated heterocycles. The van der Waals surface area contributed by atoms with Crippen molar-refractivity contribution in [2.45, 2.75) is 20.0 Å². The molecule has 6 heteroatoms. The van der Waals surface area contributed by atoms with E-state index in [-0.39, 0.29) is 5.75 Å². The smallest absolute Gasteiger partial charge is 0.344 e. The molecular formula is C18H18FNO4. The second-order valence-electron chi connectivity index (χ2n) is 5.23. The average molecular weight is 331 g/mol. The van der Waals surface area contributed by atoms with Gasteiger partial charge < -0.3 is 14.8 Å². The summed E-state index contributed by atoms with van der Waals surface area (Å²) in [6.45, 7) is 2.99. The number of aryl methyl sites for hydroxylation is 1. The predicted molar refractivity (Wildman–Crippen MR) is 87.3 cm³/mol. The van der Waals surface area contributed by atoms with Gasteiger partial charge in [0, 0.05) is 11.8 Å². The Morgan fingerprint density at radius 2 is 1.88 bits per heavy atom. The van der Waals surface area contributed by atoms with Gasteiger partial charge in [-0.05, 0) is 38.1 Å². The minimum atomic E-state index is -0.977. The Bertz CT molecular complexity index is 715. The number of amides is 1. The number of esters is 1. The first-order valence-corrected chi connectivity index (χ1v) is 7.39. The van der Waals surface area contributed by atoms with Gasteiger partial charge in [-0.1, -0.05) is 23.8 Å². The van der Waals surface area contributed by atoms with Crippen LogP contribution in [0.1, 0.15) is 12.5 Å². The number of halogens is 1. The molecule has 1 N–H and O–H groups in total. The zero-order chi connectivity index (χ0) is 17.5. The fourth-order valence-corrected chi connectivity index (χ4v) is 1.86. The van der Waals surface area contributed by atoms with Crippen LogP contribution >= 0.6 is 0 Å². The van der Waals surface area contributed by atoms with Crippen LogP contribution in [0.5, 0.6) is 5.75 Å². The molecule has 0 aliphatic heterocycles. The van der Waals surface area contributed by atoms with E-state index in [1.165, 1.54) is 25.1 Å². The number of carbonyl (C=O) groups is 2. The van der Waals surface area contributed by atoms with Gasteiger partial charge in [-0.3, -0.25) is 4.79 Å². The highest BCUT2D eigenvalue weighted by Crippen LogP contribution is 2.12. The van der Waals surface area contributed by atoms with Crippen LogP contribution in [-0.4, -0.2) is 24.6 Å². The van der Waals surface area contributed by atoms with Gasteiger partial charge in [-0.2, -0.15) is 0 Å². The lowest BCUT2D eigenvalue weighted by atomic mass is 10.2. The third-order valence-electron chi connectivity index (χ3n) is 3.15. The molecule has 1 amide bonds. The number of benzene rings is 2. The zero-order valence-corrected chi connectivity index (χ0v) is 13.4. The van der Waals surface area contributed by atoms with Gasteiger partial charge in [-0.15, -0.1) is 0 Å².